The summed E-state index contributed by atoms with van der Waals surface area (Å²) in [6, 6.07) is 4.53. The summed E-state index contributed by atoms with van der Waals surface area (Å²) in [5.74, 6) is -0.242. The number of fused-ring (bicyclic) bond motifs is 2. The number of hydrogen-bond donors (Lipinski definition) is 2. The fourth-order valence-electron chi connectivity index (χ4n) is 4.12. The Morgan fingerprint density at radius 2 is 2.14 bits per heavy atom. The van der Waals surface area contributed by atoms with Crippen LogP contribution >= 0.6 is 0 Å². The number of hydrogen-bond acceptors (Lipinski definition) is 4. The van der Waals surface area contributed by atoms with E-state index >= 15 is 0 Å². The Bertz CT molecular complexity index is 1200. The Labute approximate surface area is 160 Å². The number of amides is 1. The van der Waals surface area contributed by atoms with E-state index in [9.17, 15) is 9.18 Å². The molecule has 1 aromatic carbocycles. The Morgan fingerprint density at radius 3 is 3.04 bits per heavy atom. The highest BCUT2D eigenvalue weighted by atomic mass is 19.1. The van der Waals surface area contributed by atoms with Gasteiger partial charge in [-0.3, -0.25) is 9.89 Å². The highest BCUT2D eigenvalue weighted by Gasteiger charge is 2.30. The Hall–Kier alpha value is -3.29. The molecule has 3 aromatic heterocycles. The van der Waals surface area contributed by atoms with Gasteiger partial charge in [-0.1, -0.05) is 0 Å². The third-order valence-corrected chi connectivity index (χ3v) is 5.57. The second kappa shape index (κ2) is 6.40. The number of aromatic amines is 2. The topological polar surface area (TPSA) is 90.6 Å². The Balaban J connectivity index is 1.45. The molecular weight excluding hydrogens is 359 g/mol. The molecule has 0 aliphatic carbocycles. The van der Waals surface area contributed by atoms with Crippen molar-refractivity contribution in [1.82, 2.24) is 30.0 Å². The van der Waals surface area contributed by atoms with E-state index < -0.39 is 0 Å². The zero-order chi connectivity index (χ0) is 19.3. The van der Waals surface area contributed by atoms with Crippen LogP contribution in [0, 0.1) is 12.7 Å². The molecule has 1 fully saturated rings. The molecule has 0 spiro atoms. The van der Waals surface area contributed by atoms with Crippen LogP contribution in [0.25, 0.3) is 22.1 Å². The molecule has 1 atom stereocenters. The molecule has 1 saturated heterocycles. The van der Waals surface area contributed by atoms with Crippen LogP contribution in [0.2, 0.25) is 0 Å². The summed E-state index contributed by atoms with van der Waals surface area (Å²) in [6.45, 7) is 3.12. The summed E-state index contributed by atoms with van der Waals surface area (Å²) in [5.41, 5.74) is 4.35. The summed E-state index contributed by atoms with van der Waals surface area (Å²) in [4.78, 5) is 26.8. The van der Waals surface area contributed by atoms with E-state index in [1.54, 1.807) is 18.5 Å². The minimum Gasteiger partial charge on any atom is -0.350 e. The van der Waals surface area contributed by atoms with Gasteiger partial charge in [-0.15, -0.1) is 0 Å². The highest BCUT2D eigenvalue weighted by molar-refractivity contribution is 6.01. The number of aromatic nitrogens is 5. The highest BCUT2D eigenvalue weighted by Crippen LogP contribution is 2.31. The van der Waals surface area contributed by atoms with Gasteiger partial charge >= 0.3 is 0 Å². The van der Waals surface area contributed by atoms with Gasteiger partial charge in [-0.25, -0.2) is 14.4 Å². The van der Waals surface area contributed by atoms with Crippen molar-refractivity contribution in [1.29, 1.82) is 0 Å². The average Bonchev–Trinajstić information content (AvgIpc) is 3.29. The van der Waals surface area contributed by atoms with Crippen LogP contribution in [-0.2, 0) is 0 Å². The lowest BCUT2D eigenvalue weighted by molar-refractivity contribution is 0.0700. The zero-order valence-electron chi connectivity index (χ0n) is 15.4. The van der Waals surface area contributed by atoms with Gasteiger partial charge in [0.05, 0.1) is 5.69 Å². The maximum absolute atomic E-state index is 13.6. The predicted molar refractivity (Wildman–Crippen MR) is 103 cm³/mol. The smallest absolute Gasteiger partial charge is 0.270 e. The second-order valence-corrected chi connectivity index (χ2v) is 7.27. The number of rotatable bonds is 2. The number of carbonyl (C=O) groups excluding carboxylic acids is 1. The first kappa shape index (κ1) is 16.9. The second-order valence-electron chi connectivity index (χ2n) is 7.27. The molecule has 5 rings (SSSR count). The quantitative estimate of drug-likeness (QED) is 0.560. The van der Waals surface area contributed by atoms with Gasteiger partial charge in [-0.2, -0.15) is 5.10 Å². The van der Waals surface area contributed by atoms with Crippen LogP contribution < -0.4 is 0 Å². The molecule has 2 N–H and O–H groups in total. The first-order valence-electron chi connectivity index (χ1n) is 9.34. The van der Waals surface area contributed by atoms with Crippen molar-refractivity contribution in [2.24, 2.45) is 0 Å². The van der Waals surface area contributed by atoms with Crippen LogP contribution in [0.15, 0.2) is 30.6 Å². The monoisotopic (exact) mass is 378 g/mol. The van der Waals surface area contributed by atoms with Crippen molar-refractivity contribution >= 4 is 28.0 Å². The van der Waals surface area contributed by atoms with Crippen LogP contribution in [0.3, 0.4) is 0 Å². The Kier molecular flexibility index (Phi) is 3.85. The number of benzene rings is 1. The van der Waals surface area contributed by atoms with Crippen LogP contribution in [-0.4, -0.2) is 49.0 Å². The SMILES string of the molecule is Cc1c(C(=O)N2CCC[C@H](c3[nH]nc4nccnc34)C2)[nH]c2ccc(F)cc12. The van der Waals surface area contributed by atoms with E-state index in [-0.39, 0.29) is 17.6 Å². The Morgan fingerprint density at radius 1 is 1.29 bits per heavy atom. The van der Waals surface area contributed by atoms with Crippen LogP contribution in [0.5, 0.6) is 0 Å². The summed E-state index contributed by atoms with van der Waals surface area (Å²) < 4.78 is 13.6. The molecule has 8 heteroatoms. The largest absolute Gasteiger partial charge is 0.350 e. The maximum atomic E-state index is 13.6. The van der Waals surface area contributed by atoms with Gasteiger partial charge < -0.3 is 9.88 Å². The number of carbonyl (C=O) groups is 1. The summed E-state index contributed by atoms with van der Waals surface area (Å²) in [5, 5.41) is 8.03. The van der Waals surface area contributed by atoms with Gasteiger partial charge in [-0.05, 0) is 43.5 Å². The number of nitrogens with one attached hydrogen (secondary N) is 2. The first-order chi connectivity index (χ1) is 13.6. The third-order valence-electron chi connectivity index (χ3n) is 5.57. The molecule has 142 valence electrons. The van der Waals surface area contributed by atoms with Gasteiger partial charge in [0.2, 0.25) is 0 Å². The van der Waals surface area contributed by atoms with Crippen molar-refractivity contribution < 1.29 is 9.18 Å². The van der Waals surface area contributed by atoms with E-state index in [0.29, 0.717) is 24.4 Å². The van der Waals surface area contributed by atoms with Crippen molar-refractivity contribution in [2.45, 2.75) is 25.7 Å². The fraction of sp³-hybridized carbons (Fsp3) is 0.300. The molecule has 0 saturated carbocycles. The van der Waals surface area contributed by atoms with Crippen molar-refractivity contribution in [2.75, 3.05) is 13.1 Å². The standard InChI is InChI=1S/C20H19FN6O/c1-11-14-9-13(21)4-5-15(14)24-16(11)20(28)27-8-2-3-12(10-27)17-18-19(26-25-17)23-7-6-22-18/h4-7,9,12,24H,2-3,8,10H2,1H3,(H,23,25,26)/t12-/m0/s1. The van der Waals surface area contributed by atoms with Gasteiger partial charge in [0.25, 0.3) is 5.91 Å². The molecule has 1 aliphatic rings. The van der Waals surface area contributed by atoms with E-state index in [1.165, 1.54) is 12.1 Å². The number of halogens is 1. The summed E-state index contributed by atoms with van der Waals surface area (Å²) >= 11 is 0. The minimum absolute atomic E-state index is 0.0614. The zero-order valence-corrected chi connectivity index (χ0v) is 15.4. The molecule has 7 nitrogen and oxygen atoms in total. The maximum Gasteiger partial charge on any atom is 0.270 e. The van der Waals surface area contributed by atoms with Crippen molar-refractivity contribution in [3.63, 3.8) is 0 Å². The normalized spacial score (nSPS) is 17.5. The molecule has 28 heavy (non-hydrogen) atoms. The minimum atomic E-state index is -0.307. The first-order valence-corrected chi connectivity index (χ1v) is 9.34. The molecule has 4 heterocycles. The van der Waals surface area contributed by atoms with E-state index in [1.807, 2.05) is 11.8 Å². The van der Waals surface area contributed by atoms with Crippen LogP contribution in [0.1, 0.15) is 40.5 Å². The van der Waals surface area contributed by atoms with E-state index in [4.69, 9.17) is 0 Å². The average molecular weight is 378 g/mol. The molecule has 0 bridgehead atoms. The van der Waals surface area contributed by atoms with Gasteiger partial charge in [0, 0.05) is 42.3 Å². The molecule has 1 aliphatic heterocycles. The lowest BCUT2D eigenvalue weighted by Crippen LogP contribution is -2.39. The number of likely N-dealkylation sites (tertiary alicyclic amines) is 1. The summed E-state index contributed by atoms with van der Waals surface area (Å²) in [7, 11) is 0. The summed E-state index contributed by atoms with van der Waals surface area (Å²) in [6.07, 6.45) is 5.12. The molecule has 0 radical (unpaired) electrons. The lowest BCUT2D eigenvalue weighted by Gasteiger charge is -2.32. The van der Waals surface area contributed by atoms with Crippen molar-refractivity contribution in [3.05, 3.63) is 53.4 Å². The molecule has 4 aromatic rings. The predicted octanol–water partition coefficient (Wildman–Crippen LogP) is 3.30. The molecule has 1 amide bonds. The molecular formula is C20H19FN6O. The van der Waals surface area contributed by atoms with Crippen molar-refractivity contribution in [3.8, 4) is 0 Å². The number of nitrogens with zero attached hydrogens (tertiary/aromatic N) is 4. The number of H-pyrrole nitrogens is 2. The molecule has 0 unspecified atom stereocenters. The number of piperidine rings is 1. The van der Waals surface area contributed by atoms with Gasteiger partial charge in [0.1, 0.15) is 17.0 Å². The third kappa shape index (κ3) is 2.64. The van der Waals surface area contributed by atoms with Crippen LogP contribution in [0.4, 0.5) is 4.39 Å². The number of aryl methyl sites for hydroxylation is 1. The fourth-order valence-corrected chi connectivity index (χ4v) is 4.12. The van der Waals surface area contributed by atoms with Gasteiger partial charge in [0.15, 0.2) is 5.65 Å². The van der Waals surface area contributed by atoms with E-state index in [0.717, 1.165) is 40.5 Å². The lowest BCUT2D eigenvalue weighted by atomic mass is 9.94. The van der Waals surface area contributed by atoms with E-state index in [2.05, 4.69) is 25.1 Å².